The number of benzene rings is 1. The Morgan fingerprint density at radius 2 is 1.96 bits per heavy atom. The summed E-state index contributed by atoms with van der Waals surface area (Å²) in [5.41, 5.74) is 2.24. The Morgan fingerprint density at radius 1 is 1.20 bits per heavy atom. The zero-order valence-corrected chi connectivity index (χ0v) is 14.0. The van der Waals surface area contributed by atoms with Gasteiger partial charge in [-0.15, -0.1) is 0 Å². The molecule has 6 nitrogen and oxygen atoms in total. The first-order valence-corrected chi connectivity index (χ1v) is 8.20. The number of nitrogens with zero attached hydrogens (tertiary/aromatic N) is 2. The maximum absolute atomic E-state index is 12.7. The molecule has 0 aliphatic carbocycles. The first-order valence-electron chi connectivity index (χ1n) is 8.20. The third-order valence-corrected chi connectivity index (χ3v) is 4.47. The number of pyridine rings is 1. The average Bonchev–Trinajstić information content (AvgIpc) is 2.67. The van der Waals surface area contributed by atoms with E-state index in [1.54, 1.807) is 24.3 Å². The second kappa shape index (κ2) is 7.34. The number of methoxy groups -OCH3 is 1. The molecule has 6 heteroatoms. The second-order valence-corrected chi connectivity index (χ2v) is 6.12. The van der Waals surface area contributed by atoms with E-state index >= 15 is 0 Å². The van der Waals surface area contributed by atoms with E-state index in [-0.39, 0.29) is 12.5 Å². The van der Waals surface area contributed by atoms with Gasteiger partial charge in [0.25, 0.3) is 5.91 Å². The van der Waals surface area contributed by atoms with Crippen molar-refractivity contribution in [2.24, 2.45) is 5.92 Å². The maximum Gasteiger partial charge on any atom is 0.308 e. The molecular weight excluding hydrogens is 320 g/mol. The average molecular weight is 340 g/mol. The highest BCUT2D eigenvalue weighted by Crippen LogP contribution is 2.24. The molecule has 1 N–H and O–H groups in total. The molecule has 0 unspecified atom stereocenters. The topological polar surface area (TPSA) is 79.7 Å². The normalized spacial score (nSPS) is 17.2. The number of hydrogen-bond donors (Lipinski definition) is 1. The molecule has 1 aromatic carbocycles. The van der Waals surface area contributed by atoms with Crippen molar-refractivity contribution in [1.82, 2.24) is 9.88 Å². The molecule has 2 aromatic rings. The molecule has 1 aromatic heterocycles. The molecule has 2 heterocycles. The van der Waals surface area contributed by atoms with Crippen molar-refractivity contribution in [1.29, 1.82) is 0 Å². The number of aliphatic carboxylic acids is 1. The Labute approximate surface area is 146 Å². The van der Waals surface area contributed by atoms with Crippen molar-refractivity contribution >= 4 is 11.9 Å². The van der Waals surface area contributed by atoms with Crippen LogP contribution in [0.2, 0.25) is 0 Å². The number of likely N-dealkylation sites (tertiary alicyclic amines) is 1. The van der Waals surface area contributed by atoms with Gasteiger partial charge in [-0.2, -0.15) is 0 Å². The molecule has 3 rings (SSSR count). The number of aromatic nitrogens is 1. The van der Waals surface area contributed by atoms with Crippen LogP contribution < -0.4 is 4.74 Å². The third-order valence-electron chi connectivity index (χ3n) is 4.47. The molecule has 0 bridgehead atoms. The van der Waals surface area contributed by atoms with E-state index in [1.165, 1.54) is 6.20 Å². The van der Waals surface area contributed by atoms with E-state index in [2.05, 4.69) is 4.98 Å². The molecule has 1 fully saturated rings. The van der Waals surface area contributed by atoms with Crippen LogP contribution >= 0.6 is 0 Å². The number of amides is 1. The first kappa shape index (κ1) is 17.0. The number of rotatable bonds is 4. The van der Waals surface area contributed by atoms with Crippen molar-refractivity contribution in [3.05, 3.63) is 48.3 Å². The fraction of sp³-hybridized carbons (Fsp3) is 0.316. The zero-order chi connectivity index (χ0) is 17.8. The largest absolute Gasteiger partial charge is 0.497 e. The van der Waals surface area contributed by atoms with Crippen LogP contribution in [0.5, 0.6) is 5.75 Å². The number of piperidine rings is 1. The molecule has 0 saturated carbocycles. The molecule has 1 aliphatic rings. The first-order chi connectivity index (χ1) is 12.1. The monoisotopic (exact) mass is 340 g/mol. The predicted molar refractivity (Wildman–Crippen MR) is 92.5 cm³/mol. The smallest absolute Gasteiger partial charge is 0.308 e. The van der Waals surface area contributed by atoms with Gasteiger partial charge in [-0.25, -0.2) is 0 Å². The number of ether oxygens (including phenoxy) is 1. The predicted octanol–water partition coefficient (Wildman–Crippen LogP) is 2.69. The van der Waals surface area contributed by atoms with Crippen molar-refractivity contribution in [2.45, 2.75) is 12.8 Å². The number of carbonyl (C=O) groups excluding carboxylic acids is 1. The maximum atomic E-state index is 12.7. The highest BCUT2D eigenvalue weighted by Gasteiger charge is 2.28. The van der Waals surface area contributed by atoms with Gasteiger partial charge in [-0.1, -0.05) is 12.1 Å². The molecular formula is C19H20N2O4. The summed E-state index contributed by atoms with van der Waals surface area (Å²) in [5.74, 6) is -0.746. The van der Waals surface area contributed by atoms with Crippen molar-refractivity contribution < 1.29 is 19.4 Å². The van der Waals surface area contributed by atoms with Gasteiger partial charge in [0.05, 0.1) is 18.6 Å². The molecule has 1 saturated heterocycles. The lowest BCUT2D eigenvalue weighted by molar-refractivity contribution is -0.143. The van der Waals surface area contributed by atoms with E-state index in [1.807, 2.05) is 24.3 Å². The van der Waals surface area contributed by atoms with Gasteiger partial charge in [-0.05, 0) is 36.6 Å². The van der Waals surface area contributed by atoms with Crippen molar-refractivity contribution in [3.8, 4) is 16.9 Å². The lowest BCUT2D eigenvalue weighted by Gasteiger charge is -2.30. The van der Waals surface area contributed by atoms with E-state index < -0.39 is 11.9 Å². The van der Waals surface area contributed by atoms with Gasteiger partial charge in [0.1, 0.15) is 5.75 Å². The standard InChI is InChI=1S/C19H20N2O4/c1-25-17-6-4-13(5-7-17)15-9-16(11-20-10-15)18(22)21-8-2-3-14(12-21)19(23)24/h4-7,9-11,14H,2-3,8,12H2,1H3,(H,23,24)/t14-/m0/s1. The van der Waals surface area contributed by atoms with Crippen LogP contribution in [0, 0.1) is 5.92 Å². The summed E-state index contributed by atoms with van der Waals surface area (Å²) in [6.07, 6.45) is 4.55. The Kier molecular flexibility index (Phi) is 4.97. The molecule has 1 aliphatic heterocycles. The zero-order valence-electron chi connectivity index (χ0n) is 14.0. The molecule has 0 radical (unpaired) electrons. The SMILES string of the molecule is COc1ccc(-c2cncc(C(=O)N3CCC[C@H](C(=O)O)C3)c2)cc1. The van der Waals surface area contributed by atoms with Crippen LogP contribution in [-0.2, 0) is 4.79 Å². The van der Waals surface area contributed by atoms with Crippen molar-refractivity contribution in [3.63, 3.8) is 0 Å². The number of carboxylic acids is 1. The molecule has 25 heavy (non-hydrogen) atoms. The number of carbonyl (C=O) groups is 2. The fourth-order valence-electron chi connectivity index (χ4n) is 3.04. The van der Waals surface area contributed by atoms with Crippen molar-refractivity contribution in [2.75, 3.05) is 20.2 Å². The van der Waals surface area contributed by atoms with Gasteiger partial charge < -0.3 is 14.7 Å². The van der Waals surface area contributed by atoms with Gasteiger partial charge in [0.15, 0.2) is 0 Å². The fourth-order valence-corrected chi connectivity index (χ4v) is 3.04. The summed E-state index contributed by atoms with van der Waals surface area (Å²) >= 11 is 0. The van der Waals surface area contributed by atoms with Gasteiger partial charge in [0.2, 0.25) is 0 Å². The molecule has 1 amide bonds. The Bertz CT molecular complexity index is 773. The highest BCUT2D eigenvalue weighted by atomic mass is 16.5. The summed E-state index contributed by atoms with van der Waals surface area (Å²) in [7, 11) is 1.61. The Balaban J connectivity index is 1.80. The van der Waals surface area contributed by atoms with Gasteiger partial charge in [-0.3, -0.25) is 14.6 Å². The van der Waals surface area contributed by atoms with Crippen LogP contribution in [0.1, 0.15) is 23.2 Å². The quantitative estimate of drug-likeness (QED) is 0.926. The van der Waals surface area contributed by atoms with Crippen LogP contribution in [-0.4, -0.2) is 47.1 Å². The summed E-state index contributed by atoms with van der Waals surface area (Å²) in [6.45, 7) is 0.830. The van der Waals surface area contributed by atoms with E-state index in [0.29, 0.717) is 24.9 Å². The Hall–Kier alpha value is -2.89. The Morgan fingerprint density at radius 3 is 2.64 bits per heavy atom. The number of hydrogen-bond acceptors (Lipinski definition) is 4. The van der Waals surface area contributed by atoms with Gasteiger partial charge in [0, 0.05) is 31.0 Å². The highest BCUT2D eigenvalue weighted by molar-refractivity contribution is 5.95. The summed E-state index contributed by atoms with van der Waals surface area (Å²) < 4.78 is 5.15. The summed E-state index contributed by atoms with van der Waals surface area (Å²) in [5, 5.41) is 9.18. The lowest BCUT2D eigenvalue weighted by atomic mass is 9.97. The summed E-state index contributed by atoms with van der Waals surface area (Å²) in [4.78, 5) is 29.7. The molecule has 1 atom stereocenters. The minimum absolute atomic E-state index is 0.172. The van der Waals surface area contributed by atoms with Crippen LogP contribution in [0.25, 0.3) is 11.1 Å². The van der Waals surface area contributed by atoms with E-state index in [9.17, 15) is 14.7 Å². The summed E-state index contributed by atoms with van der Waals surface area (Å²) in [6, 6.07) is 9.32. The number of carboxylic acid groups (broad SMARTS) is 1. The van der Waals surface area contributed by atoms with Crippen LogP contribution in [0.3, 0.4) is 0 Å². The third kappa shape index (κ3) is 3.79. The van der Waals surface area contributed by atoms with E-state index in [4.69, 9.17) is 4.74 Å². The van der Waals surface area contributed by atoms with Crippen LogP contribution in [0.4, 0.5) is 0 Å². The minimum Gasteiger partial charge on any atom is -0.497 e. The molecule has 0 spiro atoms. The molecule has 130 valence electrons. The van der Waals surface area contributed by atoms with Gasteiger partial charge >= 0.3 is 5.97 Å². The minimum atomic E-state index is -0.845. The second-order valence-electron chi connectivity index (χ2n) is 6.12. The van der Waals surface area contributed by atoms with Crippen LogP contribution in [0.15, 0.2) is 42.7 Å². The van der Waals surface area contributed by atoms with E-state index in [0.717, 1.165) is 16.9 Å². The lowest BCUT2D eigenvalue weighted by Crippen LogP contribution is -2.42.